The van der Waals surface area contributed by atoms with Crippen molar-refractivity contribution in [2.45, 2.75) is 38.3 Å². The van der Waals surface area contributed by atoms with Gasteiger partial charge in [0.1, 0.15) is 25.0 Å². The van der Waals surface area contributed by atoms with Crippen molar-refractivity contribution in [3.63, 3.8) is 0 Å². The maximum Gasteiger partial charge on any atom is 0.142 e. The Hall–Kier alpha value is -2.12. The predicted molar refractivity (Wildman–Crippen MR) is 154 cm³/mol. The molecule has 0 atom stereocenters. The largest absolute Gasteiger partial charge is 0.478 e. The SMILES string of the molecule is CC(c1ccccc1)(c1ccc2c(c1)CN(CCCS)CO2)c1ccc2c(c1)CN(CCCS)CO2. The van der Waals surface area contributed by atoms with Crippen molar-refractivity contribution in [3.8, 4) is 11.5 Å². The number of nitrogens with zero attached hydrogens (tertiary/aromatic N) is 2. The van der Waals surface area contributed by atoms with E-state index >= 15 is 0 Å². The van der Waals surface area contributed by atoms with Crippen molar-refractivity contribution in [1.82, 2.24) is 9.80 Å². The fourth-order valence-corrected chi connectivity index (χ4v) is 5.63. The van der Waals surface area contributed by atoms with Crippen LogP contribution in [0.3, 0.4) is 0 Å². The van der Waals surface area contributed by atoms with E-state index < -0.39 is 0 Å². The maximum atomic E-state index is 6.10. The smallest absolute Gasteiger partial charge is 0.142 e. The third-order valence-corrected chi connectivity index (χ3v) is 8.12. The van der Waals surface area contributed by atoms with Crippen molar-refractivity contribution in [2.24, 2.45) is 0 Å². The summed E-state index contributed by atoms with van der Waals surface area (Å²) < 4.78 is 12.2. The average molecular weight is 521 g/mol. The van der Waals surface area contributed by atoms with Crippen LogP contribution in [0.25, 0.3) is 0 Å². The van der Waals surface area contributed by atoms with E-state index in [2.05, 4.69) is 109 Å². The zero-order chi connectivity index (χ0) is 25.0. The summed E-state index contributed by atoms with van der Waals surface area (Å²) in [5.74, 6) is 3.78. The molecule has 0 aromatic heterocycles. The van der Waals surface area contributed by atoms with Gasteiger partial charge in [-0.2, -0.15) is 25.3 Å². The van der Waals surface area contributed by atoms with Crippen molar-refractivity contribution < 1.29 is 9.47 Å². The van der Waals surface area contributed by atoms with Crippen LogP contribution in [0.2, 0.25) is 0 Å². The highest BCUT2D eigenvalue weighted by molar-refractivity contribution is 7.80. The van der Waals surface area contributed by atoms with Crippen LogP contribution in [0.1, 0.15) is 47.6 Å². The van der Waals surface area contributed by atoms with E-state index in [1.165, 1.54) is 27.8 Å². The van der Waals surface area contributed by atoms with Crippen LogP contribution < -0.4 is 9.47 Å². The molecule has 4 nitrogen and oxygen atoms in total. The third-order valence-electron chi connectivity index (χ3n) is 7.48. The van der Waals surface area contributed by atoms with E-state index in [4.69, 9.17) is 9.47 Å². The monoisotopic (exact) mass is 520 g/mol. The first kappa shape index (κ1) is 25.5. The Balaban J connectivity index is 1.53. The van der Waals surface area contributed by atoms with Crippen LogP contribution in [-0.2, 0) is 18.5 Å². The fourth-order valence-electron chi connectivity index (χ4n) is 5.35. The number of rotatable bonds is 9. The third kappa shape index (κ3) is 5.28. The quantitative estimate of drug-likeness (QED) is 0.268. The Kier molecular flexibility index (Phi) is 8.16. The number of benzene rings is 3. The molecular formula is C30H36N2O2S2. The molecule has 0 aliphatic carbocycles. The van der Waals surface area contributed by atoms with Crippen LogP contribution >= 0.6 is 25.3 Å². The summed E-state index contributed by atoms with van der Waals surface area (Å²) in [5, 5.41) is 0. The van der Waals surface area contributed by atoms with E-state index in [9.17, 15) is 0 Å². The van der Waals surface area contributed by atoms with Crippen LogP contribution in [0.15, 0.2) is 66.7 Å². The highest BCUT2D eigenvalue weighted by Crippen LogP contribution is 2.42. The molecule has 5 rings (SSSR count). The van der Waals surface area contributed by atoms with Crippen molar-refractivity contribution >= 4 is 25.3 Å². The second kappa shape index (κ2) is 11.5. The molecule has 36 heavy (non-hydrogen) atoms. The van der Waals surface area contributed by atoms with Crippen molar-refractivity contribution in [3.05, 3.63) is 94.5 Å². The number of thiol groups is 2. The molecule has 0 radical (unpaired) electrons. The molecule has 2 heterocycles. The minimum absolute atomic E-state index is 0.313. The second-order valence-electron chi connectivity index (χ2n) is 9.94. The summed E-state index contributed by atoms with van der Waals surface area (Å²) in [6, 6.07) is 24.3. The lowest BCUT2D eigenvalue weighted by molar-refractivity contribution is 0.0956. The molecule has 2 aliphatic rings. The molecule has 0 saturated carbocycles. The molecule has 0 unspecified atom stereocenters. The lowest BCUT2D eigenvalue weighted by atomic mass is 9.70. The van der Waals surface area contributed by atoms with E-state index in [1.54, 1.807) is 0 Å². The Labute approximate surface area is 226 Å². The Morgan fingerprint density at radius 2 is 1.19 bits per heavy atom. The molecule has 0 N–H and O–H groups in total. The van der Waals surface area contributed by atoms with Gasteiger partial charge in [0, 0.05) is 42.7 Å². The van der Waals surface area contributed by atoms with Gasteiger partial charge in [0.05, 0.1) is 0 Å². The van der Waals surface area contributed by atoms with Gasteiger partial charge >= 0.3 is 0 Å². The topological polar surface area (TPSA) is 24.9 Å². The first-order chi connectivity index (χ1) is 17.6. The van der Waals surface area contributed by atoms with Gasteiger partial charge in [-0.3, -0.25) is 9.80 Å². The molecule has 0 amide bonds. The summed E-state index contributed by atoms with van der Waals surface area (Å²) in [7, 11) is 0. The summed E-state index contributed by atoms with van der Waals surface area (Å²) in [5.41, 5.74) is 6.01. The van der Waals surface area contributed by atoms with Gasteiger partial charge in [0.15, 0.2) is 0 Å². The summed E-state index contributed by atoms with van der Waals surface area (Å²) in [6.07, 6.45) is 2.12. The molecule has 2 aliphatic heterocycles. The van der Waals surface area contributed by atoms with Gasteiger partial charge < -0.3 is 9.47 Å². The molecule has 0 bridgehead atoms. The molecule has 6 heteroatoms. The van der Waals surface area contributed by atoms with E-state index in [0.717, 1.165) is 62.0 Å². The molecular weight excluding hydrogens is 484 g/mol. The van der Waals surface area contributed by atoms with Crippen molar-refractivity contribution in [1.29, 1.82) is 0 Å². The molecule has 0 saturated heterocycles. The Morgan fingerprint density at radius 1 is 0.694 bits per heavy atom. The van der Waals surface area contributed by atoms with Gasteiger partial charge in [-0.1, -0.05) is 42.5 Å². The Morgan fingerprint density at radius 3 is 1.67 bits per heavy atom. The molecule has 3 aromatic rings. The van der Waals surface area contributed by atoms with Gasteiger partial charge in [-0.25, -0.2) is 0 Å². The summed E-state index contributed by atoms with van der Waals surface area (Å²) >= 11 is 8.77. The van der Waals surface area contributed by atoms with Crippen LogP contribution in [0.5, 0.6) is 11.5 Å². The first-order valence-electron chi connectivity index (χ1n) is 12.9. The van der Waals surface area contributed by atoms with Gasteiger partial charge in [-0.15, -0.1) is 0 Å². The molecule has 0 fully saturated rings. The Bertz CT molecular complexity index is 1100. The number of fused-ring (bicyclic) bond motifs is 2. The normalized spacial score (nSPS) is 16.1. The number of hydrogen-bond acceptors (Lipinski definition) is 6. The maximum absolute atomic E-state index is 6.10. The zero-order valence-electron chi connectivity index (χ0n) is 21.0. The summed E-state index contributed by atoms with van der Waals surface area (Å²) in [4.78, 5) is 4.72. The molecule has 190 valence electrons. The van der Waals surface area contributed by atoms with Crippen LogP contribution in [0, 0.1) is 0 Å². The highest BCUT2D eigenvalue weighted by atomic mass is 32.1. The fraction of sp³-hybridized carbons (Fsp3) is 0.400. The van der Waals surface area contributed by atoms with Gasteiger partial charge in [0.25, 0.3) is 0 Å². The van der Waals surface area contributed by atoms with E-state index in [0.29, 0.717) is 13.5 Å². The predicted octanol–water partition coefficient (Wildman–Crippen LogP) is 5.98. The van der Waals surface area contributed by atoms with Gasteiger partial charge in [-0.05, 0) is 72.2 Å². The number of ether oxygens (including phenoxy) is 2. The van der Waals surface area contributed by atoms with E-state index in [1.807, 2.05) is 0 Å². The lowest BCUT2D eigenvalue weighted by Crippen LogP contribution is -2.34. The molecule has 0 spiro atoms. The minimum Gasteiger partial charge on any atom is -0.478 e. The average Bonchev–Trinajstić information content (AvgIpc) is 2.94. The number of hydrogen-bond donors (Lipinski definition) is 2. The van der Waals surface area contributed by atoms with Gasteiger partial charge in [0.2, 0.25) is 0 Å². The van der Waals surface area contributed by atoms with E-state index in [-0.39, 0.29) is 5.41 Å². The second-order valence-corrected chi connectivity index (χ2v) is 10.8. The lowest BCUT2D eigenvalue weighted by Gasteiger charge is -2.36. The minimum atomic E-state index is -0.313. The highest BCUT2D eigenvalue weighted by Gasteiger charge is 2.33. The standard InChI is InChI=1S/C30H36N2O2S2/c1-30(25-7-3-2-4-8-25,26-9-11-28-23(17-26)19-31(21-33-28)13-5-15-35)27-10-12-29-24(18-27)20-32(22-34-29)14-6-16-36/h2-4,7-12,17-18,35-36H,5-6,13-16,19-22H2,1H3. The van der Waals surface area contributed by atoms with Crippen LogP contribution in [0.4, 0.5) is 0 Å². The summed E-state index contributed by atoms with van der Waals surface area (Å²) in [6.45, 7) is 7.43. The molecule has 3 aromatic carbocycles. The van der Waals surface area contributed by atoms with Crippen molar-refractivity contribution in [2.75, 3.05) is 38.1 Å². The van der Waals surface area contributed by atoms with Crippen LogP contribution in [-0.4, -0.2) is 47.9 Å². The first-order valence-corrected chi connectivity index (χ1v) is 14.1. The zero-order valence-corrected chi connectivity index (χ0v) is 22.8.